The topological polar surface area (TPSA) is 92.3 Å². The van der Waals surface area contributed by atoms with Crippen LogP contribution >= 0.6 is 0 Å². The number of rotatable bonds is 5. The van der Waals surface area contributed by atoms with Crippen LogP contribution in [0.4, 0.5) is 0 Å². The SMILES string of the molecule is CNS(=O)(=O)c1ccc(S(=O)(=O)NC(C)C)cc1. The molecule has 1 rings (SSSR count). The Morgan fingerprint density at radius 2 is 1.28 bits per heavy atom. The molecule has 0 unspecified atom stereocenters. The van der Waals surface area contributed by atoms with Crippen LogP contribution in [0.2, 0.25) is 0 Å². The molecule has 0 aromatic heterocycles. The van der Waals surface area contributed by atoms with Gasteiger partial charge in [-0.1, -0.05) is 0 Å². The van der Waals surface area contributed by atoms with E-state index < -0.39 is 20.0 Å². The van der Waals surface area contributed by atoms with Crippen molar-refractivity contribution in [2.45, 2.75) is 29.7 Å². The van der Waals surface area contributed by atoms with Gasteiger partial charge in [0.2, 0.25) is 20.0 Å². The van der Waals surface area contributed by atoms with Gasteiger partial charge in [-0.25, -0.2) is 26.3 Å². The zero-order valence-corrected chi connectivity index (χ0v) is 12.0. The third-order valence-corrected chi connectivity index (χ3v) is 5.21. The minimum Gasteiger partial charge on any atom is -0.214 e. The van der Waals surface area contributed by atoms with E-state index in [2.05, 4.69) is 9.44 Å². The largest absolute Gasteiger partial charge is 0.240 e. The summed E-state index contributed by atoms with van der Waals surface area (Å²) in [6.45, 7) is 3.41. The molecule has 0 amide bonds. The van der Waals surface area contributed by atoms with Gasteiger partial charge in [0.05, 0.1) is 9.79 Å². The maximum atomic E-state index is 11.8. The van der Waals surface area contributed by atoms with Gasteiger partial charge in [-0.05, 0) is 45.2 Å². The zero-order chi connectivity index (χ0) is 14.0. The van der Waals surface area contributed by atoms with Gasteiger partial charge in [0.15, 0.2) is 0 Å². The summed E-state index contributed by atoms with van der Waals surface area (Å²) < 4.78 is 51.1. The van der Waals surface area contributed by atoms with E-state index in [-0.39, 0.29) is 15.8 Å². The lowest BCUT2D eigenvalue weighted by atomic mass is 10.4. The maximum Gasteiger partial charge on any atom is 0.240 e. The lowest BCUT2D eigenvalue weighted by Gasteiger charge is -2.10. The molecule has 0 bridgehead atoms. The Kier molecular flexibility index (Phi) is 4.49. The molecule has 0 aliphatic heterocycles. The molecule has 0 aliphatic rings. The Bertz CT molecular complexity index is 604. The van der Waals surface area contributed by atoms with E-state index in [1.807, 2.05) is 0 Å². The molecule has 0 saturated carbocycles. The average molecular weight is 292 g/mol. The van der Waals surface area contributed by atoms with Crippen LogP contribution in [0.1, 0.15) is 13.8 Å². The molecule has 18 heavy (non-hydrogen) atoms. The molecule has 1 aromatic carbocycles. The Balaban J connectivity index is 3.11. The molecule has 1 aromatic rings. The molecule has 0 heterocycles. The van der Waals surface area contributed by atoms with Crippen LogP contribution in [0.25, 0.3) is 0 Å². The van der Waals surface area contributed by atoms with Crippen molar-refractivity contribution in [1.29, 1.82) is 0 Å². The normalized spacial score (nSPS) is 12.9. The summed E-state index contributed by atoms with van der Waals surface area (Å²) in [5.41, 5.74) is 0. The van der Waals surface area contributed by atoms with Crippen LogP contribution in [-0.4, -0.2) is 29.9 Å². The van der Waals surface area contributed by atoms with E-state index >= 15 is 0 Å². The van der Waals surface area contributed by atoms with Gasteiger partial charge in [0.25, 0.3) is 0 Å². The second-order valence-corrected chi connectivity index (χ2v) is 7.56. The predicted octanol–water partition coefficient (Wildman–Crippen LogP) is 0.281. The van der Waals surface area contributed by atoms with Gasteiger partial charge < -0.3 is 0 Å². The fourth-order valence-electron chi connectivity index (χ4n) is 1.29. The fraction of sp³-hybridized carbons (Fsp3) is 0.400. The smallest absolute Gasteiger partial charge is 0.214 e. The van der Waals surface area contributed by atoms with Crippen LogP contribution in [0, 0.1) is 0 Å². The van der Waals surface area contributed by atoms with Crippen molar-refractivity contribution in [1.82, 2.24) is 9.44 Å². The van der Waals surface area contributed by atoms with Crippen molar-refractivity contribution in [3.63, 3.8) is 0 Å². The van der Waals surface area contributed by atoms with Gasteiger partial charge >= 0.3 is 0 Å². The van der Waals surface area contributed by atoms with Crippen molar-refractivity contribution in [2.75, 3.05) is 7.05 Å². The molecule has 0 radical (unpaired) electrons. The summed E-state index contributed by atoms with van der Waals surface area (Å²) >= 11 is 0. The summed E-state index contributed by atoms with van der Waals surface area (Å²) in [4.78, 5) is 0.0553. The predicted molar refractivity (Wildman–Crippen MR) is 68.1 cm³/mol. The van der Waals surface area contributed by atoms with E-state index in [1.54, 1.807) is 13.8 Å². The van der Waals surface area contributed by atoms with Gasteiger partial charge in [0.1, 0.15) is 0 Å². The van der Waals surface area contributed by atoms with Gasteiger partial charge in [-0.3, -0.25) is 0 Å². The molecular formula is C10H16N2O4S2. The van der Waals surface area contributed by atoms with Gasteiger partial charge in [-0.15, -0.1) is 0 Å². The number of nitrogens with one attached hydrogen (secondary N) is 2. The summed E-state index contributed by atoms with van der Waals surface area (Å²) in [7, 11) is -5.85. The standard InChI is InChI=1S/C10H16N2O4S2/c1-8(2)12-18(15,16)10-6-4-9(5-7-10)17(13,14)11-3/h4-8,11-12H,1-3H3. The van der Waals surface area contributed by atoms with Crippen molar-refractivity contribution >= 4 is 20.0 Å². The Labute approximate surface area is 108 Å². The van der Waals surface area contributed by atoms with Crippen molar-refractivity contribution in [3.8, 4) is 0 Å². The highest BCUT2D eigenvalue weighted by Crippen LogP contribution is 2.14. The molecule has 0 aliphatic carbocycles. The first kappa shape index (κ1) is 15.1. The highest BCUT2D eigenvalue weighted by molar-refractivity contribution is 7.90. The molecular weight excluding hydrogens is 276 g/mol. The second kappa shape index (κ2) is 5.35. The average Bonchev–Trinajstić information content (AvgIpc) is 2.27. The van der Waals surface area contributed by atoms with Gasteiger partial charge in [0, 0.05) is 6.04 Å². The van der Waals surface area contributed by atoms with Crippen LogP contribution < -0.4 is 9.44 Å². The first-order valence-electron chi connectivity index (χ1n) is 5.25. The summed E-state index contributed by atoms with van der Waals surface area (Å²) in [6.07, 6.45) is 0. The summed E-state index contributed by atoms with van der Waals surface area (Å²) in [5.74, 6) is 0. The Morgan fingerprint density at radius 1 is 0.889 bits per heavy atom. The molecule has 0 saturated heterocycles. The number of hydrogen-bond donors (Lipinski definition) is 2. The highest BCUT2D eigenvalue weighted by Gasteiger charge is 2.17. The summed E-state index contributed by atoms with van der Waals surface area (Å²) in [6, 6.07) is 4.79. The molecule has 8 heteroatoms. The lowest BCUT2D eigenvalue weighted by Crippen LogP contribution is -2.30. The van der Waals surface area contributed by atoms with Crippen molar-refractivity contribution in [3.05, 3.63) is 24.3 Å². The molecule has 6 nitrogen and oxygen atoms in total. The zero-order valence-electron chi connectivity index (χ0n) is 10.3. The van der Waals surface area contributed by atoms with E-state index in [9.17, 15) is 16.8 Å². The van der Waals surface area contributed by atoms with E-state index in [1.165, 1.54) is 31.3 Å². The Morgan fingerprint density at radius 3 is 1.61 bits per heavy atom. The lowest BCUT2D eigenvalue weighted by molar-refractivity contribution is 0.569. The van der Waals surface area contributed by atoms with Crippen molar-refractivity contribution < 1.29 is 16.8 Å². The van der Waals surface area contributed by atoms with Crippen LogP contribution in [0.15, 0.2) is 34.1 Å². The molecule has 102 valence electrons. The van der Waals surface area contributed by atoms with Crippen molar-refractivity contribution in [2.24, 2.45) is 0 Å². The highest BCUT2D eigenvalue weighted by atomic mass is 32.2. The number of hydrogen-bond acceptors (Lipinski definition) is 4. The van der Waals surface area contributed by atoms with Gasteiger partial charge in [-0.2, -0.15) is 0 Å². The van der Waals surface area contributed by atoms with Crippen LogP contribution in [0.3, 0.4) is 0 Å². The van der Waals surface area contributed by atoms with E-state index in [4.69, 9.17) is 0 Å². The summed E-state index contributed by atoms with van der Waals surface area (Å²) in [5, 5.41) is 0. The Hall–Kier alpha value is -0.960. The maximum absolute atomic E-state index is 11.8. The van der Waals surface area contributed by atoms with E-state index in [0.29, 0.717) is 0 Å². The number of benzene rings is 1. The quantitative estimate of drug-likeness (QED) is 0.815. The monoisotopic (exact) mass is 292 g/mol. The van der Waals surface area contributed by atoms with Crippen LogP contribution in [0.5, 0.6) is 0 Å². The first-order chi connectivity index (χ1) is 8.19. The first-order valence-corrected chi connectivity index (χ1v) is 8.21. The number of sulfonamides is 2. The molecule has 0 spiro atoms. The third-order valence-electron chi connectivity index (χ3n) is 2.10. The molecule has 2 N–H and O–H groups in total. The molecule has 0 atom stereocenters. The minimum atomic E-state index is -3.59. The minimum absolute atomic E-state index is 0.0218. The van der Waals surface area contributed by atoms with Crippen LogP contribution in [-0.2, 0) is 20.0 Å². The second-order valence-electron chi connectivity index (χ2n) is 3.95. The molecule has 0 fully saturated rings. The third kappa shape index (κ3) is 3.52. The fourth-order valence-corrected chi connectivity index (χ4v) is 3.28. The van der Waals surface area contributed by atoms with E-state index in [0.717, 1.165) is 0 Å².